The Morgan fingerprint density at radius 3 is 2.78 bits per heavy atom. The fraction of sp³-hybridized carbons (Fsp3) is 0. The summed E-state index contributed by atoms with van der Waals surface area (Å²) in [5, 5.41) is 4.28. The van der Waals surface area contributed by atoms with Crippen molar-refractivity contribution in [2.24, 2.45) is 5.11 Å². The van der Waals surface area contributed by atoms with Crippen LogP contribution in [0.4, 0.5) is 5.69 Å². The molecule has 7 nitrogen and oxygen atoms in total. The van der Waals surface area contributed by atoms with E-state index in [2.05, 4.69) is 15.0 Å². The number of benzene rings is 2. The van der Waals surface area contributed by atoms with Crippen LogP contribution in [-0.4, -0.2) is 15.3 Å². The second kappa shape index (κ2) is 4.67. The van der Waals surface area contributed by atoms with Gasteiger partial charge in [-0.05, 0) is 35.9 Å². The molecule has 4 rings (SSSR count). The molecule has 0 N–H and O–H groups in total. The summed E-state index contributed by atoms with van der Waals surface area (Å²) in [6, 6.07) is 9.28. The molecule has 23 heavy (non-hydrogen) atoms. The van der Waals surface area contributed by atoms with E-state index in [1.165, 1.54) is 10.6 Å². The third-order valence-corrected chi connectivity index (χ3v) is 3.90. The van der Waals surface area contributed by atoms with Gasteiger partial charge in [-0.2, -0.15) is 0 Å². The maximum atomic E-state index is 12.7. The second-order valence-corrected chi connectivity index (χ2v) is 5.39. The van der Waals surface area contributed by atoms with Crippen molar-refractivity contribution in [3.8, 4) is 5.69 Å². The van der Waals surface area contributed by atoms with Gasteiger partial charge in [0.1, 0.15) is 0 Å². The van der Waals surface area contributed by atoms with Crippen molar-refractivity contribution in [1.82, 2.24) is 9.55 Å². The number of azide groups is 1. The Balaban J connectivity index is 2.09. The number of hydrogen-bond donors (Lipinski definition) is 0. The molecule has 0 unspecified atom stereocenters. The summed E-state index contributed by atoms with van der Waals surface area (Å²) in [5.74, 6) is -0.369. The zero-order valence-electron chi connectivity index (χ0n) is 11.4. The van der Waals surface area contributed by atoms with E-state index < -0.39 is 5.78 Å². The van der Waals surface area contributed by atoms with Crippen molar-refractivity contribution < 1.29 is 4.79 Å². The maximum Gasteiger partial charge on any atom is 0.266 e. The Morgan fingerprint density at radius 2 is 2.00 bits per heavy atom. The van der Waals surface area contributed by atoms with Gasteiger partial charge < -0.3 is 0 Å². The van der Waals surface area contributed by atoms with Crippen molar-refractivity contribution in [3.05, 3.63) is 73.6 Å². The van der Waals surface area contributed by atoms with Crippen LogP contribution < -0.4 is 5.56 Å². The minimum atomic E-state index is -0.394. The Morgan fingerprint density at radius 1 is 1.17 bits per heavy atom. The highest BCUT2D eigenvalue weighted by molar-refractivity contribution is 6.31. The van der Waals surface area contributed by atoms with Gasteiger partial charge in [-0.25, -0.2) is 4.98 Å². The predicted octanol–water partition coefficient (Wildman–Crippen LogP) is 3.53. The molecule has 0 fully saturated rings. The molecule has 1 aliphatic heterocycles. The zero-order chi connectivity index (χ0) is 16.1. The molecular formula is C15H6ClN5O2. The zero-order valence-corrected chi connectivity index (χ0v) is 12.2. The number of aromatic nitrogens is 2. The summed E-state index contributed by atoms with van der Waals surface area (Å²) in [6.07, 6.45) is 0. The van der Waals surface area contributed by atoms with Crippen molar-refractivity contribution in [3.63, 3.8) is 0 Å². The van der Waals surface area contributed by atoms with E-state index in [4.69, 9.17) is 17.1 Å². The minimum Gasteiger partial charge on any atom is -0.285 e. The van der Waals surface area contributed by atoms with Crippen LogP contribution in [0.25, 0.3) is 27.0 Å². The van der Waals surface area contributed by atoms with E-state index in [9.17, 15) is 9.59 Å². The lowest BCUT2D eigenvalue weighted by molar-refractivity contribution is 0.103. The largest absolute Gasteiger partial charge is 0.285 e. The van der Waals surface area contributed by atoms with Crippen molar-refractivity contribution in [2.45, 2.75) is 0 Å². The number of rotatable bonds is 1. The highest BCUT2D eigenvalue weighted by Crippen LogP contribution is 2.30. The van der Waals surface area contributed by atoms with Crippen LogP contribution in [0, 0.1) is 0 Å². The maximum absolute atomic E-state index is 12.7. The number of ketones is 1. The van der Waals surface area contributed by atoms with Crippen LogP contribution in [0.3, 0.4) is 0 Å². The summed E-state index contributed by atoms with van der Waals surface area (Å²) in [5.41, 5.74) is 9.53. The summed E-state index contributed by atoms with van der Waals surface area (Å²) in [7, 11) is 0. The van der Waals surface area contributed by atoms with Gasteiger partial charge in [0.25, 0.3) is 5.56 Å². The third-order valence-electron chi connectivity index (χ3n) is 3.66. The standard InChI is InChI=1S/C15H6ClN5O2/c16-7-1-3-9-11(5-7)18-14-13(22)10-6-8(19-20-17)2-4-12(10)21(14)15(9)23/h1-6H. The normalized spacial score (nSPS) is 12.0. The summed E-state index contributed by atoms with van der Waals surface area (Å²) < 4.78 is 1.27. The van der Waals surface area contributed by atoms with Crippen molar-refractivity contribution >= 4 is 34.0 Å². The Bertz CT molecular complexity index is 1130. The molecule has 0 atom stereocenters. The fourth-order valence-electron chi connectivity index (χ4n) is 2.67. The van der Waals surface area contributed by atoms with Gasteiger partial charge in [-0.3, -0.25) is 14.2 Å². The molecule has 2 aromatic carbocycles. The Kier molecular flexibility index (Phi) is 2.74. The molecule has 0 amide bonds. The summed E-state index contributed by atoms with van der Waals surface area (Å²) >= 11 is 5.92. The second-order valence-electron chi connectivity index (χ2n) is 4.96. The fourth-order valence-corrected chi connectivity index (χ4v) is 2.84. The van der Waals surface area contributed by atoms with E-state index in [1.807, 2.05) is 0 Å². The first-order valence-electron chi connectivity index (χ1n) is 6.56. The Labute approximate surface area is 133 Å². The molecule has 3 aromatic rings. The van der Waals surface area contributed by atoms with E-state index in [-0.39, 0.29) is 16.9 Å². The van der Waals surface area contributed by atoms with Crippen LogP contribution in [0.1, 0.15) is 16.2 Å². The van der Waals surface area contributed by atoms with Crippen molar-refractivity contribution in [2.75, 3.05) is 0 Å². The molecule has 0 radical (unpaired) electrons. The lowest BCUT2D eigenvalue weighted by Crippen LogP contribution is -2.21. The van der Waals surface area contributed by atoms with E-state index in [0.717, 1.165) is 0 Å². The smallest absolute Gasteiger partial charge is 0.266 e. The number of fused-ring (bicyclic) bond motifs is 4. The lowest BCUT2D eigenvalue weighted by Gasteiger charge is -2.05. The first kappa shape index (κ1) is 13.5. The Hall–Kier alpha value is -3.15. The summed E-state index contributed by atoms with van der Waals surface area (Å²) in [6.45, 7) is 0. The number of nitrogens with zero attached hydrogens (tertiary/aromatic N) is 5. The predicted molar refractivity (Wildman–Crippen MR) is 84.6 cm³/mol. The molecule has 0 saturated heterocycles. The molecular weight excluding hydrogens is 318 g/mol. The number of hydrogen-bond acceptors (Lipinski definition) is 4. The molecule has 0 saturated carbocycles. The SMILES string of the molecule is [N-]=[N+]=Nc1ccc2c(c1)C(=O)c1nc3cc(Cl)ccc3c(=O)n1-2. The van der Waals surface area contributed by atoms with Gasteiger partial charge in [-0.1, -0.05) is 22.8 Å². The number of carbonyl (C=O) groups is 1. The monoisotopic (exact) mass is 323 g/mol. The minimum absolute atomic E-state index is 0.0258. The van der Waals surface area contributed by atoms with Crippen LogP contribution in [-0.2, 0) is 0 Å². The molecule has 0 bridgehead atoms. The molecule has 0 aliphatic carbocycles. The average Bonchev–Trinajstić information content (AvgIpc) is 2.81. The molecule has 1 aromatic heterocycles. The molecule has 2 heterocycles. The van der Waals surface area contributed by atoms with Gasteiger partial charge >= 0.3 is 0 Å². The molecule has 1 aliphatic rings. The molecule has 0 spiro atoms. The van der Waals surface area contributed by atoms with Crippen LogP contribution in [0.15, 0.2) is 46.3 Å². The average molecular weight is 324 g/mol. The third kappa shape index (κ3) is 1.85. The van der Waals surface area contributed by atoms with E-state index in [0.29, 0.717) is 27.3 Å². The van der Waals surface area contributed by atoms with Gasteiger partial charge in [0.05, 0.1) is 22.2 Å². The number of carbonyl (C=O) groups excluding carboxylic acids is 1. The highest BCUT2D eigenvalue weighted by atomic mass is 35.5. The topological polar surface area (TPSA) is 101 Å². The summed E-state index contributed by atoms with van der Waals surface area (Å²) in [4.78, 5) is 32.2. The van der Waals surface area contributed by atoms with Gasteiger partial charge in [0, 0.05) is 15.6 Å². The van der Waals surface area contributed by atoms with Gasteiger partial charge in [0.2, 0.25) is 5.78 Å². The number of halogens is 1. The first-order chi connectivity index (χ1) is 11.1. The van der Waals surface area contributed by atoms with Gasteiger partial charge in [0.15, 0.2) is 5.82 Å². The van der Waals surface area contributed by atoms with E-state index >= 15 is 0 Å². The van der Waals surface area contributed by atoms with Crippen LogP contribution in [0.5, 0.6) is 0 Å². The van der Waals surface area contributed by atoms with E-state index in [1.54, 1.807) is 30.3 Å². The van der Waals surface area contributed by atoms with Crippen molar-refractivity contribution in [1.29, 1.82) is 0 Å². The molecule has 110 valence electrons. The highest BCUT2D eigenvalue weighted by Gasteiger charge is 2.30. The van der Waals surface area contributed by atoms with Gasteiger partial charge in [-0.15, -0.1) is 0 Å². The quantitative estimate of drug-likeness (QED) is 0.304. The molecule has 8 heteroatoms. The van der Waals surface area contributed by atoms with Crippen LogP contribution in [0.2, 0.25) is 5.02 Å². The first-order valence-corrected chi connectivity index (χ1v) is 6.94. The lowest BCUT2D eigenvalue weighted by atomic mass is 10.1. The van der Waals surface area contributed by atoms with Crippen LogP contribution >= 0.6 is 11.6 Å².